The van der Waals surface area contributed by atoms with Crippen LogP contribution in [-0.4, -0.2) is 32.1 Å². The average molecular weight is 388 g/mol. The summed E-state index contributed by atoms with van der Waals surface area (Å²) in [4.78, 5) is 12.9. The minimum Gasteiger partial charge on any atom is -0.451 e. The minimum absolute atomic E-state index is 0.0679. The molecule has 4 aromatic rings. The van der Waals surface area contributed by atoms with Crippen LogP contribution in [0.2, 0.25) is 0 Å². The molecule has 4 heterocycles. The first kappa shape index (κ1) is 17.1. The molecule has 0 saturated heterocycles. The van der Waals surface area contributed by atoms with Crippen LogP contribution in [-0.2, 0) is 0 Å². The van der Waals surface area contributed by atoms with Crippen LogP contribution in [0.1, 0.15) is 35.9 Å². The van der Waals surface area contributed by atoms with Gasteiger partial charge in [0.15, 0.2) is 11.5 Å². The van der Waals surface area contributed by atoms with Gasteiger partial charge in [0, 0.05) is 17.6 Å². The Morgan fingerprint density at radius 2 is 2.10 bits per heavy atom. The molecule has 0 spiro atoms. The second-order valence-corrected chi connectivity index (χ2v) is 7.00. The Kier molecular flexibility index (Phi) is 3.67. The van der Waals surface area contributed by atoms with E-state index in [4.69, 9.17) is 14.7 Å². The highest BCUT2D eigenvalue weighted by Crippen LogP contribution is 2.45. The number of anilines is 1. The summed E-state index contributed by atoms with van der Waals surface area (Å²) in [5.41, 5.74) is 2.63. The van der Waals surface area contributed by atoms with E-state index in [1.807, 2.05) is 36.9 Å². The van der Waals surface area contributed by atoms with Gasteiger partial charge in [-0.2, -0.15) is 15.5 Å². The number of aromatic nitrogens is 4. The monoisotopic (exact) mass is 388 g/mol. The maximum Gasteiger partial charge on any atom is 0.274 e. The summed E-state index contributed by atoms with van der Waals surface area (Å²) < 4.78 is 14.5. The summed E-state index contributed by atoms with van der Waals surface area (Å²) in [5.74, 6) is 0.630. The van der Waals surface area contributed by atoms with Crippen LogP contribution in [0.4, 0.5) is 5.69 Å². The predicted molar refractivity (Wildman–Crippen MR) is 104 cm³/mol. The second-order valence-electron chi connectivity index (χ2n) is 7.00. The van der Waals surface area contributed by atoms with Gasteiger partial charge in [0.25, 0.3) is 5.91 Å². The number of nitrogens with zero attached hydrogens (tertiary/aromatic N) is 5. The third-order valence-corrected chi connectivity index (χ3v) is 4.77. The van der Waals surface area contributed by atoms with Gasteiger partial charge in [-0.1, -0.05) is 0 Å². The van der Waals surface area contributed by atoms with Crippen LogP contribution in [0.25, 0.3) is 16.4 Å². The standard InChI is InChI=1S/C20H16N6O3/c1-11(2)25-9-13-6-15(18-19(17(13)24-25)29-10-28-18)23-20(27)16-4-3-14-5-12(7-21)8-22-26(14)16/h3-6,8-9,11H,10H2,1-2H3,(H,23,27). The molecule has 9 heteroatoms. The highest BCUT2D eigenvalue weighted by molar-refractivity contribution is 6.07. The van der Waals surface area contributed by atoms with Gasteiger partial charge in [-0.25, -0.2) is 4.52 Å². The third-order valence-electron chi connectivity index (χ3n) is 4.77. The highest BCUT2D eigenvalue weighted by Gasteiger charge is 2.26. The Balaban J connectivity index is 1.55. The van der Waals surface area contributed by atoms with E-state index in [-0.39, 0.29) is 18.7 Å². The predicted octanol–water partition coefficient (Wildman–Crippen LogP) is 3.12. The molecule has 1 aliphatic heterocycles. The van der Waals surface area contributed by atoms with Gasteiger partial charge in [-0.3, -0.25) is 9.48 Å². The number of nitrogens with one attached hydrogen (secondary N) is 1. The third kappa shape index (κ3) is 2.65. The molecule has 5 rings (SSSR count). The number of ether oxygens (including phenoxy) is 2. The van der Waals surface area contributed by atoms with Crippen LogP contribution >= 0.6 is 0 Å². The summed E-state index contributed by atoms with van der Waals surface area (Å²) >= 11 is 0. The second kappa shape index (κ2) is 6.24. The number of carbonyl (C=O) groups excluding carboxylic acids is 1. The van der Waals surface area contributed by atoms with E-state index in [1.165, 1.54) is 10.7 Å². The molecule has 0 radical (unpaired) electrons. The first-order chi connectivity index (χ1) is 14.0. The van der Waals surface area contributed by atoms with E-state index in [0.717, 1.165) is 5.39 Å². The fraction of sp³-hybridized carbons (Fsp3) is 0.200. The number of nitriles is 1. The maximum atomic E-state index is 12.9. The molecule has 1 aromatic carbocycles. The lowest BCUT2D eigenvalue weighted by Gasteiger charge is -2.08. The molecule has 0 aliphatic carbocycles. The highest BCUT2D eigenvalue weighted by atomic mass is 16.7. The van der Waals surface area contributed by atoms with E-state index in [1.54, 1.807) is 18.2 Å². The quantitative estimate of drug-likeness (QED) is 0.578. The number of hydrogen-bond acceptors (Lipinski definition) is 6. The van der Waals surface area contributed by atoms with Crippen molar-refractivity contribution in [3.63, 3.8) is 0 Å². The molecule has 1 N–H and O–H groups in total. The van der Waals surface area contributed by atoms with Crippen molar-refractivity contribution < 1.29 is 14.3 Å². The van der Waals surface area contributed by atoms with Crippen molar-refractivity contribution in [2.75, 3.05) is 12.1 Å². The summed E-state index contributed by atoms with van der Waals surface area (Å²) in [6.45, 7) is 4.14. The number of hydrogen-bond donors (Lipinski definition) is 1. The van der Waals surface area contributed by atoms with E-state index < -0.39 is 0 Å². The zero-order chi connectivity index (χ0) is 20.1. The number of amides is 1. The van der Waals surface area contributed by atoms with Crippen LogP contribution in [0.3, 0.4) is 0 Å². The van der Waals surface area contributed by atoms with Gasteiger partial charge >= 0.3 is 0 Å². The number of carbonyl (C=O) groups is 1. The molecule has 1 aliphatic rings. The van der Waals surface area contributed by atoms with Crippen LogP contribution in [0.15, 0.2) is 36.7 Å². The van der Waals surface area contributed by atoms with E-state index in [2.05, 4.69) is 15.5 Å². The van der Waals surface area contributed by atoms with E-state index in [0.29, 0.717) is 39.5 Å². The van der Waals surface area contributed by atoms with Gasteiger partial charge in [0.1, 0.15) is 17.3 Å². The van der Waals surface area contributed by atoms with Crippen molar-refractivity contribution in [2.45, 2.75) is 19.9 Å². The molecule has 29 heavy (non-hydrogen) atoms. The topological polar surface area (TPSA) is 106 Å². The minimum atomic E-state index is -0.351. The van der Waals surface area contributed by atoms with E-state index in [9.17, 15) is 4.79 Å². The zero-order valence-corrected chi connectivity index (χ0v) is 15.7. The fourth-order valence-electron chi connectivity index (χ4n) is 3.34. The van der Waals surface area contributed by atoms with Gasteiger partial charge in [0.2, 0.25) is 6.79 Å². The molecule has 3 aromatic heterocycles. The van der Waals surface area contributed by atoms with Crippen LogP contribution < -0.4 is 14.8 Å². The number of fused-ring (bicyclic) bond motifs is 4. The molecule has 1 amide bonds. The molecule has 0 fully saturated rings. The molecular weight excluding hydrogens is 372 g/mol. The summed E-state index contributed by atoms with van der Waals surface area (Å²) in [5, 5.41) is 21.5. The Morgan fingerprint density at radius 3 is 2.90 bits per heavy atom. The molecule has 144 valence electrons. The lowest BCUT2D eigenvalue weighted by Crippen LogP contribution is -2.15. The summed E-state index contributed by atoms with van der Waals surface area (Å²) in [6.07, 6.45) is 3.33. The fourth-order valence-corrected chi connectivity index (χ4v) is 3.34. The van der Waals surface area contributed by atoms with Gasteiger partial charge in [0.05, 0.1) is 23.0 Å². The SMILES string of the molecule is CC(C)n1cc2cc(NC(=O)c3ccc4cc(C#N)cnn34)c3c(c2n1)OCO3. The van der Waals surface area contributed by atoms with Crippen molar-refractivity contribution in [3.8, 4) is 17.6 Å². The number of rotatable bonds is 3. The van der Waals surface area contributed by atoms with Gasteiger partial charge in [-0.05, 0) is 38.1 Å². The maximum absolute atomic E-state index is 12.9. The normalized spacial score (nSPS) is 12.6. The molecule has 0 bridgehead atoms. The molecule has 0 unspecified atom stereocenters. The first-order valence-corrected chi connectivity index (χ1v) is 9.06. The van der Waals surface area contributed by atoms with Gasteiger partial charge < -0.3 is 14.8 Å². The van der Waals surface area contributed by atoms with Crippen molar-refractivity contribution in [3.05, 3.63) is 47.9 Å². The van der Waals surface area contributed by atoms with Crippen LogP contribution in [0, 0.1) is 11.3 Å². The molecule has 0 saturated carbocycles. The lowest BCUT2D eigenvalue weighted by molar-refractivity contribution is 0.101. The average Bonchev–Trinajstić information content (AvgIpc) is 3.43. The van der Waals surface area contributed by atoms with Gasteiger partial charge in [-0.15, -0.1) is 0 Å². The molecular formula is C20H16N6O3. The Bertz CT molecular complexity index is 1330. The summed E-state index contributed by atoms with van der Waals surface area (Å²) in [7, 11) is 0. The lowest BCUT2D eigenvalue weighted by atomic mass is 10.2. The Labute approximate surface area is 165 Å². The number of benzene rings is 1. The summed E-state index contributed by atoms with van der Waals surface area (Å²) in [6, 6.07) is 9.12. The molecule has 0 atom stereocenters. The zero-order valence-electron chi connectivity index (χ0n) is 15.7. The Hall–Kier alpha value is -4.06. The smallest absolute Gasteiger partial charge is 0.274 e. The first-order valence-electron chi connectivity index (χ1n) is 9.06. The van der Waals surface area contributed by atoms with Crippen LogP contribution in [0.5, 0.6) is 11.5 Å². The largest absolute Gasteiger partial charge is 0.451 e. The van der Waals surface area contributed by atoms with Crippen molar-refractivity contribution in [1.82, 2.24) is 19.4 Å². The van der Waals surface area contributed by atoms with E-state index >= 15 is 0 Å². The van der Waals surface area contributed by atoms with Crippen molar-refractivity contribution in [2.24, 2.45) is 0 Å². The Morgan fingerprint density at radius 1 is 1.28 bits per heavy atom. The van der Waals surface area contributed by atoms with Crippen molar-refractivity contribution in [1.29, 1.82) is 5.26 Å². The van der Waals surface area contributed by atoms with Crippen molar-refractivity contribution >= 4 is 28.0 Å². The molecule has 9 nitrogen and oxygen atoms in total.